The van der Waals surface area contributed by atoms with E-state index in [0.717, 1.165) is 28.0 Å². The fourth-order valence-electron chi connectivity index (χ4n) is 2.36. The largest absolute Gasteiger partial charge is 0.378 e. The molecule has 0 atom stereocenters. The van der Waals surface area contributed by atoms with E-state index in [1.165, 1.54) is 0 Å². The topological polar surface area (TPSA) is 54.5 Å². The smallest absolute Gasteiger partial charge is 0.274 e. The van der Waals surface area contributed by atoms with Crippen LogP contribution in [0.5, 0.6) is 0 Å². The second-order valence-electron chi connectivity index (χ2n) is 4.93. The Kier molecular flexibility index (Phi) is 4.89. The van der Waals surface area contributed by atoms with E-state index in [-0.39, 0.29) is 5.91 Å². The average molecular weight is 409 g/mol. The number of nitrogens with zero attached hydrogens (tertiary/aromatic N) is 2. The number of morpholine rings is 1. The molecule has 0 unspecified atom stereocenters. The number of nitrogens with one attached hydrogen (secondary N) is 1. The number of halogens is 1. The van der Waals surface area contributed by atoms with Crippen LogP contribution in [-0.2, 0) is 4.74 Å². The van der Waals surface area contributed by atoms with Gasteiger partial charge in [-0.15, -0.1) is 0 Å². The lowest BCUT2D eigenvalue weighted by atomic mass is 10.2. The molecule has 0 saturated carbocycles. The van der Waals surface area contributed by atoms with Crippen molar-refractivity contribution < 1.29 is 9.53 Å². The van der Waals surface area contributed by atoms with Crippen LogP contribution < -0.4 is 10.2 Å². The van der Waals surface area contributed by atoms with E-state index in [2.05, 4.69) is 43.9 Å². The molecular formula is C16H16IN3O2. The molecule has 1 aromatic carbocycles. The van der Waals surface area contributed by atoms with Gasteiger partial charge in [-0.2, -0.15) is 0 Å². The fourth-order valence-corrected chi connectivity index (χ4v) is 2.83. The van der Waals surface area contributed by atoms with Crippen molar-refractivity contribution in [3.63, 3.8) is 0 Å². The number of ether oxygens (including phenoxy) is 1. The summed E-state index contributed by atoms with van der Waals surface area (Å²) in [7, 11) is 0. The van der Waals surface area contributed by atoms with Gasteiger partial charge in [0.05, 0.1) is 24.6 Å². The van der Waals surface area contributed by atoms with Gasteiger partial charge < -0.3 is 15.0 Å². The van der Waals surface area contributed by atoms with E-state index >= 15 is 0 Å². The first-order valence-corrected chi connectivity index (χ1v) is 8.16. The molecule has 0 spiro atoms. The van der Waals surface area contributed by atoms with Gasteiger partial charge in [0.25, 0.3) is 5.91 Å². The third-order valence-electron chi connectivity index (χ3n) is 3.46. The number of amides is 1. The highest BCUT2D eigenvalue weighted by Crippen LogP contribution is 2.29. The number of carbonyl (C=O) groups is 1. The summed E-state index contributed by atoms with van der Waals surface area (Å²) in [6, 6.07) is 11.3. The van der Waals surface area contributed by atoms with Gasteiger partial charge in [0.15, 0.2) is 0 Å². The van der Waals surface area contributed by atoms with Crippen LogP contribution >= 0.6 is 22.6 Å². The quantitative estimate of drug-likeness (QED) is 0.793. The van der Waals surface area contributed by atoms with Crippen LogP contribution in [0.1, 0.15) is 10.5 Å². The van der Waals surface area contributed by atoms with Gasteiger partial charge in [-0.05, 0) is 52.9 Å². The number of carbonyl (C=O) groups excluding carboxylic acids is 1. The number of pyridine rings is 1. The molecule has 6 heteroatoms. The lowest BCUT2D eigenvalue weighted by Gasteiger charge is -2.30. The second-order valence-corrected chi connectivity index (χ2v) is 6.18. The van der Waals surface area contributed by atoms with Crippen molar-refractivity contribution >= 4 is 39.9 Å². The Bertz CT molecular complexity index is 658. The molecule has 1 aliphatic heterocycles. The third-order valence-corrected chi connectivity index (χ3v) is 4.13. The highest BCUT2D eigenvalue weighted by atomic mass is 127. The van der Waals surface area contributed by atoms with Crippen LogP contribution in [0.3, 0.4) is 0 Å². The molecule has 0 radical (unpaired) electrons. The van der Waals surface area contributed by atoms with E-state index in [0.29, 0.717) is 18.9 Å². The Balaban J connectivity index is 1.85. The van der Waals surface area contributed by atoms with E-state index < -0.39 is 0 Å². The van der Waals surface area contributed by atoms with Crippen LogP contribution in [0.2, 0.25) is 0 Å². The minimum atomic E-state index is -0.198. The van der Waals surface area contributed by atoms with Crippen molar-refractivity contribution in [1.29, 1.82) is 0 Å². The maximum Gasteiger partial charge on any atom is 0.274 e. The SMILES string of the molecule is O=C(Nc1ccc(I)cc1N1CCOCC1)c1ccccn1. The van der Waals surface area contributed by atoms with Crippen molar-refractivity contribution in [1.82, 2.24) is 4.98 Å². The molecule has 1 amide bonds. The summed E-state index contributed by atoms with van der Waals surface area (Å²) < 4.78 is 6.54. The van der Waals surface area contributed by atoms with Crippen molar-refractivity contribution in [2.75, 3.05) is 36.5 Å². The molecule has 5 nitrogen and oxygen atoms in total. The molecule has 0 bridgehead atoms. The van der Waals surface area contributed by atoms with Crippen LogP contribution in [0.4, 0.5) is 11.4 Å². The van der Waals surface area contributed by atoms with Gasteiger partial charge in [-0.3, -0.25) is 9.78 Å². The zero-order chi connectivity index (χ0) is 15.4. The number of hydrogen-bond acceptors (Lipinski definition) is 4. The summed E-state index contributed by atoms with van der Waals surface area (Å²) in [5.41, 5.74) is 2.24. The highest BCUT2D eigenvalue weighted by Gasteiger charge is 2.17. The van der Waals surface area contributed by atoms with Crippen LogP contribution in [0.25, 0.3) is 0 Å². The summed E-state index contributed by atoms with van der Waals surface area (Å²) in [6.07, 6.45) is 1.62. The predicted molar refractivity (Wildman–Crippen MR) is 94.4 cm³/mol. The Morgan fingerprint density at radius 3 is 2.77 bits per heavy atom. The van der Waals surface area contributed by atoms with Crippen molar-refractivity contribution in [2.45, 2.75) is 0 Å². The molecule has 2 aromatic rings. The molecule has 1 aromatic heterocycles. The monoisotopic (exact) mass is 409 g/mol. The fraction of sp³-hybridized carbons (Fsp3) is 0.250. The first kappa shape index (κ1) is 15.2. The third kappa shape index (κ3) is 3.56. The lowest BCUT2D eigenvalue weighted by molar-refractivity contribution is 0.102. The number of rotatable bonds is 3. The highest BCUT2D eigenvalue weighted by molar-refractivity contribution is 14.1. The maximum atomic E-state index is 12.3. The van der Waals surface area contributed by atoms with Gasteiger partial charge in [0, 0.05) is 22.9 Å². The molecule has 1 aliphatic rings. The Morgan fingerprint density at radius 2 is 2.05 bits per heavy atom. The standard InChI is InChI=1S/C16H16IN3O2/c17-12-4-5-13(15(11-12)20-7-9-22-10-8-20)19-16(21)14-3-1-2-6-18-14/h1-6,11H,7-10H2,(H,19,21). The van der Waals surface area contributed by atoms with Crippen LogP contribution in [0, 0.1) is 3.57 Å². The first-order valence-electron chi connectivity index (χ1n) is 7.09. The Morgan fingerprint density at radius 1 is 1.23 bits per heavy atom. The van der Waals surface area contributed by atoms with E-state index in [4.69, 9.17) is 4.74 Å². The van der Waals surface area contributed by atoms with Crippen LogP contribution in [-0.4, -0.2) is 37.2 Å². The zero-order valence-electron chi connectivity index (χ0n) is 12.0. The number of anilines is 2. The average Bonchev–Trinajstić information content (AvgIpc) is 2.58. The summed E-state index contributed by atoms with van der Waals surface area (Å²) in [4.78, 5) is 18.6. The van der Waals surface area contributed by atoms with Gasteiger partial charge in [0.2, 0.25) is 0 Å². The van der Waals surface area contributed by atoms with E-state index in [1.807, 2.05) is 12.1 Å². The first-order chi connectivity index (χ1) is 10.7. The zero-order valence-corrected chi connectivity index (χ0v) is 14.1. The molecule has 0 aliphatic carbocycles. The summed E-state index contributed by atoms with van der Waals surface area (Å²) in [5, 5.41) is 2.96. The van der Waals surface area contributed by atoms with Gasteiger partial charge in [-0.1, -0.05) is 6.07 Å². The minimum Gasteiger partial charge on any atom is -0.378 e. The molecule has 22 heavy (non-hydrogen) atoms. The lowest BCUT2D eigenvalue weighted by Crippen LogP contribution is -2.36. The van der Waals surface area contributed by atoms with Gasteiger partial charge in [-0.25, -0.2) is 0 Å². The van der Waals surface area contributed by atoms with E-state index in [1.54, 1.807) is 24.4 Å². The van der Waals surface area contributed by atoms with Crippen molar-refractivity contribution in [3.05, 3.63) is 51.9 Å². The maximum absolute atomic E-state index is 12.3. The minimum absolute atomic E-state index is 0.198. The second kappa shape index (κ2) is 7.06. The summed E-state index contributed by atoms with van der Waals surface area (Å²) in [5.74, 6) is -0.198. The number of hydrogen-bond donors (Lipinski definition) is 1. The molecule has 1 saturated heterocycles. The molecule has 2 heterocycles. The number of benzene rings is 1. The molecule has 1 fully saturated rings. The van der Waals surface area contributed by atoms with Crippen molar-refractivity contribution in [2.24, 2.45) is 0 Å². The van der Waals surface area contributed by atoms with Crippen molar-refractivity contribution in [3.8, 4) is 0 Å². The summed E-state index contributed by atoms with van der Waals surface area (Å²) in [6.45, 7) is 3.07. The molecular weight excluding hydrogens is 393 g/mol. The normalized spacial score (nSPS) is 14.7. The molecule has 114 valence electrons. The Hall–Kier alpha value is -1.67. The summed E-state index contributed by atoms with van der Waals surface area (Å²) >= 11 is 2.28. The molecule has 1 N–H and O–H groups in total. The van der Waals surface area contributed by atoms with Gasteiger partial charge in [0.1, 0.15) is 5.69 Å². The van der Waals surface area contributed by atoms with Crippen LogP contribution in [0.15, 0.2) is 42.6 Å². The van der Waals surface area contributed by atoms with Gasteiger partial charge >= 0.3 is 0 Å². The Labute approximate surface area is 142 Å². The molecule has 3 rings (SSSR count). The predicted octanol–water partition coefficient (Wildman–Crippen LogP) is 2.78. The number of aromatic nitrogens is 1. The van der Waals surface area contributed by atoms with E-state index in [9.17, 15) is 4.79 Å².